The van der Waals surface area contributed by atoms with Crippen molar-refractivity contribution in [3.05, 3.63) is 68.4 Å². The van der Waals surface area contributed by atoms with Gasteiger partial charge in [0.05, 0.1) is 15.8 Å². The Morgan fingerprint density at radius 1 is 1.15 bits per heavy atom. The van der Waals surface area contributed by atoms with E-state index in [-0.39, 0.29) is 16.8 Å². The number of amides is 1. The van der Waals surface area contributed by atoms with E-state index in [2.05, 4.69) is 10.5 Å². The van der Waals surface area contributed by atoms with E-state index in [1.165, 1.54) is 18.2 Å². The van der Waals surface area contributed by atoms with Gasteiger partial charge in [0.25, 0.3) is 11.5 Å². The molecule has 12 heteroatoms. The van der Waals surface area contributed by atoms with Crippen molar-refractivity contribution in [2.75, 3.05) is 0 Å². The van der Waals surface area contributed by atoms with Gasteiger partial charge in [0.15, 0.2) is 5.82 Å². The Bertz CT molecular complexity index is 1220. The minimum atomic E-state index is -4.95. The molecule has 0 saturated heterocycles. The first-order valence-corrected chi connectivity index (χ1v) is 10.7. The van der Waals surface area contributed by atoms with Gasteiger partial charge in [-0.25, -0.2) is 9.18 Å². The summed E-state index contributed by atoms with van der Waals surface area (Å²) in [6.07, 6.45) is -5.07. The van der Waals surface area contributed by atoms with Crippen molar-refractivity contribution in [3.8, 4) is 0 Å². The van der Waals surface area contributed by atoms with Crippen molar-refractivity contribution in [1.82, 2.24) is 5.32 Å². The molecule has 1 amide bonds. The van der Waals surface area contributed by atoms with Gasteiger partial charge in [-0.1, -0.05) is 34.4 Å². The first kappa shape index (κ1) is 24.3. The molecular formula is C22H16Cl2F4N2O4. The summed E-state index contributed by atoms with van der Waals surface area (Å²) in [5, 5.41) is 14.2. The Morgan fingerprint density at radius 3 is 2.26 bits per heavy atom. The highest BCUT2D eigenvalue weighted by Gasteiger charge is 2.62. The van der Waals surface area contributed by atoms with Gasteiger partial charge in [0.2, 0.25) is 0 Å². The van der Waals surface area contributed by atoms with E-state index in [1.54, 1.807) is 6.92 Å². The second-order valence-corrected chi connectivity index (χ2v) is 9.07. The number of halogens is 6. The van der Waals surface area contributed by atoms with E-state index in [0.717, 1.165) is 12.1 Å². The van der Waals surface area contributed by atoms with Gasteiger partial charge < -0.3 is 15.3 Å². The molecule has 1 aliphatic heterocycles. The van der Waals surface area contributed by atoms with E-state index in [9.17, 15) is 32.3 Å². The smallest absolute Gasteiger partial charge is 0.435 e. The third kappa shape index (κ3) is 3.98. The van der Waals surface area contributed by atoms with E-state index < -0.39 is 57.0 Å². The normalized spacial score (nSPS) is 21.0. The molecular weight excluding hydrogens is 503 g/mol. The summed E-state index contributed by atoms with van der Waals surface area (Å²) in [5.41, 5.74) is -3.95. The zero-order valence-corrected chi connectivity index (χ0v) is 18.9. The molecule has 6 nitrogen and oxygen atoms in total. The second kappa shape index (κ2) is 8.13. The summed E-state index contributed by atoms with van der Waals surface area (Å²) in [6, 6.07) is 5.81. The summed E-state index contributed by atoms with van der Waals surface area (Å²) in [7, 11) is 0. The van der Waals surface area contributed by atoms with Crippen LogP contribution in [0.15, 0.2) is 35.5 Å². The topological polar surface area (TPSA) is 88.0 Å². The number of nitrogens with one attached hydrogen (secondary N) is 1. The quantitative estimate of drug-likeness (QED) is 0.411. The maximum absolute atomic E-state index is 14.2. The predicted molar refractivity (Wildman–Crippen MR) is 115 cm³/mol. The first-order chi connectivity index (χ1) is 15.8. The zero-order chi connectivity index (χ0) is 25.1. The Morgan fingerprint density at radius 2 is 1.76 bits per heavy atom. The Kier molecular flexibility index (Phi) is 5.80. The van der Waals surface area contributed by atoms with Gasteiger partial charge in [-0.15, -0.1) is 0 Å². The van der Waals surface area contributed by atoms with Gasteiger partial charge in [-0.3, -0.25) is 4.79 Å². The zero-order valence-electron chi connectivity index (χ0n) is 17.4. The molecule has 34 heavy (non-hydrogen) atoms. The lowest BCUT2D eigenvalue weighted by Crippen LogP contribution is -2.43. The number of aliphatic carboxylic acids is 1. The molecule has 0 bridgehead atoms. The third-order valence-corrected chi connectivity index (χ3v) is 6.50. The molecule has 1 saturated carbocycles. The number of benzene rings is 2. The van der Waals surface area contributed by atoms with Crippen LogP contribution in [0.3, 0.4) is 0 Å². The van der Waals surface area contributed by atoms with Crippen LogP contribution >= 0.6 is 23.2 Å². The molecule has 2 aromatic rings. The minimum Gasteiger partial charge on any atom is -0.480 e. The van der Waals surface area contributed by atoms with Crippen molar-refractivity contribution in [1.29, 1.82) is 0 Å². The largest absolute Gasteiger partial charge is 0.480 e. The van der Waals surface area contributed by atoms with Gasteiger partial charge >= 0.3 is 12.1 Å². The molecule has 1 atom stereocenters. The summed E-state index contributed by atoms with van der Waals surface area (Å²) in [5.74, 6) is -2.78. The lowest BCUT2D eigenvalue weighted by molar-refractivity contribution is -0.275. The minimum absolute atomic E-state index is 0.0619. The molecule has 2 N–H and O–H groups in total. The number of oxime groups is 1. The van der Waals surface area contributed by atoms with Crippen molar-refractivity contribution < 1.29 is 37.1 Å². The van der Waals surface area contributed by atoms with Crippen LogP contribution in [0.25, 0.3) is 0 Å². The van der Waals surface area contributed by atoms with E-state index in [4.69, 9.17) is 28.0 Å². The number of carbonyl (C=O) groups excluding carboxylic acids is 1. The van der Waals surface area contributed by atoms with Crippen LogP contribution in [-0.2, 0) is 15.2 Å². The number of hydrogen-bond donors (Lipinski definition) is 2. The van der Waals surface area contributed by atoms with Crippen LogP contribution in [0.1, 0.15) is 46.3 Å². The van der Waals surface area contributed by atoms with Crippen LogP contribution in [0.2, 0.25) is 10.0 Å². The van der Waals surface area contributed by atoms with Crippen LogP contribution in [0.4, 0.5) is 17.6 Å². The number of nitrogens with zero attached hydrogens (tertiary/aromatic N) is 1. The molecule has 1 unspecified atom stereocenters. The first-order valence-electron chi connectivity index (χ1n) is 9.93. The molecule has 1 aliphatic carbocycles. The number of hydrogen-bond acceptors (Lipinski definition) is 4. The monoisotopic (exact) mass is 518 g/mol. The molecule has 2 aromatic carbocycles. The van der Waals surface area contributed by atoms with Crippen molar-refractivity contribution in [2.24, 2.45) is 5.16 Å². The average molecular weight is 519 g/mol. The molecule has 2 aliphatic rings. The molecule has 0 aromatic heterocycles. The number of carboxylic acids is 1. The average Bonchev–Trinajstić information content (AvgIpc) is 3.38. The summed E-state index contributed by atoms with van der Waals surface area (Å²) in [4.78, 5) is 28.7. The fraction of sp³-hybridized carbons (Fsp3) is 0.318. The van der Waals surface area contributed by atoms with Crippen molar-refractivity contribution in [2.45, 2.75) is 43.5 Å². The molecule has 1 fully saturated rings. The fourth-order valence-corrected chi connectivity index (χ4v) is 4.23. The van der Waals surface area contributed by atoms with Gasteiger partial charge in [-0.2, -0.15) is 13.2 Å². The van der Waals surface area contributed by atoms with Crippen LogP contribution in [-0.4, -0.2) is 34.4 Å². The van der Waals surface area contributed by atoms with Gasteiger partial charge in [0, 0.05) is 17.5 Å². The Balaban J connectivity index is 1.62. The highest BCUT2D eigenvalue weighted by Crippen LogP contribution is 2.50. The van der Waals surface area contributed by atoms with Crippen LogP contribution < -0.4 is 5.32 Å². The SMILES string of the molecule is Cc1cc(C2=NOC(c3cc(Cl)c(F)c(Cl)c3)(C(F)(F)F)C2)ccc1C(=O)NC1(C(=O)O)CC1. The van der Waals surface area contributed by atoms with Crippen molar-refractivity contribution >= 4 is 40.8 Å². The fourth-order valence-electron chi connectivity index (χ4n) is 3.75. The highest BCUT2D eigenvalue weighted by molar-refractivity contribution is 6.35. The summed E-state index contributed by atoms with van der Waals surface area (Å²) < 4.78 is 56.2. The van der Waals surface area contributed by atoms with Gasteiger partial charge in [-0.05, 0) is 55.2 Å². The third-order valence-electron chi connectivity index (χ3n) is 5.95. The molecule has 0 radical (unpaired) electrons. The van der Waals surface area contributed by atoms with E-state index in [0.29, 0.717) is 18.4 Å². The van der Waals surface area contributed by atoms with Crippen molar-refractivity contribution in [3.63, 3.8) is 0 Å². The molecule has 4 rings (SSSR count). The standard InChI is InChI=1S/C22H16Cl2F4N2O4/c1-10-6-11(2-3-13(10)18(31)29-20(4-5-20)19(32)33)16-9-21(34-30-16,22(26,27)28)12-7-14(23)17(25)15(24)8-12/h2-3,6-8H,4-5,9H2,1H3,(H,29,31)(H,32,33). The maximum atomic E-state index is 14.2. The number of alkyl halides is 3. The Hall–Kier alpha value is -2.85. The number of aryl methyl sites for hydroxylation is 1. The van der Waals surface area contributed by atoms with Crippen LogP contribution in [0, 0.1) is 12.7 Å². The number of rotatable bonds is 5. The number of carbonyl (C=O) groups is 2. The number of carboxylic acid groups (broad SMARTS) is 1. The maximum Gasteiger partial charge on any atom is 0.435 e. The molecule has 0 spiro atoms. The van der Waals surface area contributed by atoms with E-state index in [1.807, 2.05) is 0 Å². The lowest BCUT2D eigenvalue weighted by Gasteiger charge is -2.29. The second-order valence-electron chi connectivity index (χ2n) is 8.26. The van der Waals surface area contributed by atoms with Crippen LogP contribution in [0.5, 0.6) is 0 Å². The molecule has 1 heterocycles. The molecule has 180 valence electrons. The highest BCUT2D eigenvalue weighted by atomic mass is 35.5. The van der Waals surface area contributed by atoms with E-state index >= 15 is 0 Å². The lowest BCUT2D eigenvalue weighted by atomic mass is 9.86. The van der Waals surface area contributed by atoms with Gasteiger partial charge in [0.1, 0.15) is 5.54 Å². The Labute approximate surface area is 200 Å². The predicted octanol–water partition coefficient (Wildman–Crippen LogP) is 5.37. The summed E-state index contributed by atoms with van der Waals surface area (Å²) >= 11 is 11.4. The summed E-state index contributed by atoms with van der Waals surface area (Å²) in [6.45, 7) is 1.56.